The van der Waals surface area contributed by atoms with Gasteiger partial charge in [-0.25, -0.2) is 19.7 Å². The van der Waals surface area contributed by atoms with Crippen molar-refractivity contribution in [3.05, 3.63) is 35.8 Å². The molecule has 0 bridgehead atoms. The Labute approximate surface area is 233 Å². The van der Waals surface area contributed by atoms with Gasteiger partial charge in [-0.1, -0.05) is 0 Å². The maximum atomic E-state index is 13.6. The van der Waals surface area contributed by atoms with Crippen molar-refractivity contribution in [3.63, 3.8) is 0 Å². The highest BCUT2D eigenvalue weighted by Crippen LogP contribution is 2.47. The van der Waals surface area contributed by atoms with E-state index in [1.807, 2.05) is 34.6 Å². The minimum Gasteiger partial charge on any atom is -0.444 e. The zero-order valence-electron chi connectivity index (χ0n) is 23.8. The molecule has 2 aliphatic heterocycles. The number of anilines is 3. The van der Waals surface area contributed by atoms with Crippen LogP contribution in [0.3, 0.4) is 0 Å². The number of nitrogens with one attached hydrogen (secondary N) is 2. The topological polar surface area (TPSA) is 157 Å². The molecule has 2 aromatic heterocycles. The van der Waals surface area contributed by atoms with E-state index in [0.29, 0.717) is 41.7 Å². The average Bonchev–Trinajstić information content (AvgIpc) is 3.21. The lowest BCUT2D eigenvalue weighted by molar-refractivity contribution is -0.130. The van der Waals surface area contributed by atoms with E-state index in [-0.39, 0.29) is 24.7 Å². The summed E-state index contributed by atoms with van der Waals surface area (Å²) < 4.78 is 5.62. The quantitative estimate of drug-likeness (QED) is 0.544. The number of nitrogens with zero attached hydrogens (tertiary/aromatic N) is 7. The highest BCUT2D eigenvalue weighted by Gasteiger charge is 2.51. The van der Waals surface area contributed by atoms with Gasteiger partial charge in [0, 0.05) is 44.8 Å². The second-order valence-corrected chi connectivity index (χ2v) is 11.4. The Balaban J connectivity index is 1.76. The largest absolute Gasteiger partial charge is 0.444 e. The molecule has 0 spiro atoms. The zero-order valence-corrected chi connectivity index (χ0v) is 23.8. The Bertz CT molecular complexity index is 1370. The van der Waals surface area contributed by atoms with Crippen molar-refractivity contribution < 1.29 is 19.1 Å². The first-order valence-corrected chi connectivity index (χ1v) is 13.1. The van der Waals surface area contributed by atoms with E-state index in [2.05, 4.69) is 36.8 Å². The molecule has 3 atom stereocenters. The lowest BCUT2D eigenvalue weighted by Gasteiger charge is -2.45. The van der Waals surface area contributed by atoms with Crippen LogP contribution in [0.25, 0.3) is 0 Å². The summed E-state index contributed by atoms with van der Waals surface area (Å²) in [4.78, 5) is 57.3. The number of hydrazine groups is 1. The summed E-state index contributed by atoms with van der Waals surface area (Å²) in [5.41, 5.74) is 4.04. The van der Waals surface area contributed by atoms with Crippen molar-refractivity contribution in [2.24, 2.45) is 0 Å². The minimum absolute atomic E-state index is 0.142. The van der Waals surface area contributed by atoms with Gasteiger partial charge in [0.15, 0.2) is 0 Å². The van der Waals surface area contributed by atoms with E-state index in [9.17, 15) is 19.6 Å². The third-order valence-corrected chi connectivity index (χ3v) is 6.98. The van der Waals surface area contributed by atoms with Crippen LogP contribution in [0.15, 0.2) is 24.7 Å². The number of ether oxygens (including phenoxy) is 1. The molecule has 13 heteroatoms. The Kier molecular flexibility index (Phi) is 7.56. The Morgan fingerprint density at radius 1 is 1.10 bits per heavy atom. The van der Waals surface area contributed by atoms with E-state index in [1.54, 1.807) is 28.9 Å². The van der Waals surface area contributed by atoms with E-state index >= 15 is 0 Å². The van der Waals surface area contributed by atoms with Crippen molar-refractivity contribution in [2.45, 2.75) is 71.6 Å². The summed E-state index contributed by atoms with van der Waals surface area (Å²) in [7, 11) is 0. The monoisotopic (exact) mass is 549 g/mol. The molecular weight excluding hydrogens is 514 g/mol. The lowest BCUT2D eigenvalue weighted by Crippen LogP contribution is -2.59. The van der Waals surface area contributed by atoms with Gasteiger partial charge in [-0.2, -0.15) is 5.26 Å². The van der Waals surface area contributed by atoms with Crippen LogP contribution in [0.4, 0.5) is 22.2 Å². The molecule has 1 saturated heterocycles. The summed E-state index contributed by atoms with van der Waals surface area (Å²) in [5, 5.41) is 9.43. The third-order valence-electron chi connectivity index (χ3n) is 6.98. The molecule has 40 heavy (non-hydrogen) atoms. The van der Waals surface area contributed by atoms with Gasteiger partial charge in [-0.15, -0.1) is 0 Å². The summed E-state index contributed by atoms with van der Waals surface area (Å²) in [5.74, 6) is 0.611. The fraction of sp³-hybridized carbons (Fsp3) is 0.519. The molecule has 3 amide bonds. The van der Waals surface area contributed by atoms with Gasteiger partial charge in [0.1, 0.15) is 29.4 Å². The molecule has 1 fully saturated rings. The van der Waals surface area contributed by atoms with Crippen LogP contribution < -0.4 is 20.7 Å². The zero-order chi connectivity index (χ0) is 29.4. The van der Waals surface area contributed by atoms with E-state index < -0.39 is 22.8 Å². The van der Waals surface area contributed by atoms with Crippen LogP contribution >= 0.6 is 0 Å². The number of carbonyl (C=O) groups excluding carboxylic acids is 3. The second-order valence-electron chi connectivity index (χ2n) is 11.4. The predicted octanol–water partition coefficient (Wildman–Crippen LogP) is 2.15. The number of aromatic nitrogens is 3. The number of amides is 3. The molecule has 0 aromatic carbocycles. The van der Waals surface area contributed by atoms with Crippen molar-refractivity contribution >= 4 is 35.4 Å². The summed E-state index contributed by atoms with van der Waals surface area (Å²) in [6.45, 7) is 13.5. The second kappa shape index (κ2) is 10.6. The number of pyridine rings is 1. The van der Waals surface area contributed by atoms with Crippen LogP contribution in [0.2, 0.25) is 0 Å². The van der Waals surface area contributed by atoms with Gasteiger partial charge in [-0.3, -0.25) is 20.4 Å². The van der Waals surface area contributed by atoms with E-state index in [4.69, 9.17) is 4.74 Å². The first-order chi connectivity index (χ1) is 18.7. The number of nitriles is 1. The van der Waals surface area contributed by atoms with E-state index in [1.165, 1.54) is 19.4 Å². The highest BCUT2D eigenvalue weighted by atomic mass is 16.6. The first kappa shape index (κ1) is 28.5. The molecule has 212 valence electrons. The van der Waals surface area contributed by atoms with Crippen LogP contribution in [-0.4, -0.2) is 75.1 Å². The fourth-order valence-electron chi connectivity index (χ4n) is 5.04. The maximum Gasteiger partial charge on any atom is 0.410 e. The number of hydrogen-bond donors (Lipinski definition) is 2. The molecule has 0 radical (unpaired) electrons. The van der Waals surface area contributed by atoms with Crippen LogP contribution in [0.1, 0.15) is 59.6 Å². The number of carbonyl (C=O) groups is 3. The van der Waals surface area contributed by atoms with Gasteiger partial charge in [0.05, 0.1) is 22.6 Å². The van der Waals surface area contributed by atoms with Gasteiger partial charge in [0.25, 0.3) is 5.91 Å². The van der Waals surface area contributed by atoms with Gasteiger partial charge in [-0.05, 0) is 53.7 Å². The number of fused-ring (bicyclic) bond motifs is 1. The highest BCUT2D eigenvalue weighted by molar-refractivity contribution is 5.96. The van der Waals surface area contributed by atoms with Crippen molar-refractivity contribution in [1.82, 2.24) is 30.7 Å². The predicted molar refractivity (Wildman–Crippen MR) is 147 cm³/mol. The van der Waals surface area contributed by atoms with Crippen molar-refractivity contribution in [1.29, 1.82) is 5.26 Å². The number of rotatable bonds is 3. The Morgan fingerprint density at radius 3 is 2.45 bits per heavy atom. The molecule has 2 N–H and O–H groups in total. The van der Waals surface area contributed by atoms with Crippen molar-refractivity contribution in [3.8, 4) is 6.07 Å². The fourth-order valence-corrected chi connectivity index (χ4v) is 5.04. The summed E-state index contributed by atoms with van der Waals surface area (Å²) in [6.07, 6.45) is 2.58. The normalized spacial score (nSPS) is 22.3. The summed E-state index contributed by atoms with van der Waals surface area (Å²) in [6, 6.07) is 4.97. The smallest absolute Gasteiger partial charge is 0.410 e. The molecule has 0 saturated carbocycles. The Morgan fingerprint density at radius 2 is 1.80 bits per heavy atom. The average molecular weight is 550 g/mol. The Hall–Kier alpha value is -4.47. The molecule has 0 aliphatic carbocycles. The molecular formula is C27H35N9O4. The van der Waals surface area contributed by atoms with Gasteiger partial charge < -0.3 is 19.4 Å². The maximum absolute atomic E-state index is 13.6. The van der Waals surface area contributed by atoms with Crippen LogP contribution in [-0.2, 0) is 19.7 Å². The lowest BCUT2D eigenvalue weighted by atomic mass is 9.84. The number of piperazine rings is 1. The molecule has 4 rings (SSSR count). The van der Waals surface area contributed by atoms with E-state index in [0.717, 1.165) is 0 Å². The number of hydrogen-bond acceptors (Lipinski definition) is 10. The molecule has 4 heterocycles. The molecule has 13 nitrogen and oxygen atoms in total. The standard InChI is InChI=1S/C27H35N9O4/c1-16-13-35(25(39)40-26(4,5)6)17(2)12-34(16)22-21-23(31-15-30-22)36(20-10-19(11-28)8-9-29-20)14-27(21,7)24(38)33-32-18(3)37/h8-10,15-17H,12-14H2,1-7H3,(H,32,37)(H,33,38)/t16-,17+,27?/m0/s1. The van der Waals surface area contributed by atoms with Gasteiger partial charge in [0.2, 0.25) is 5.91 Å². The van der Waals surface area contributed by atoms with Crippen LogP contribution in [0, 0.1) is 11.3 Å². The van der Waals surface area contributed by atoms with Gasteiger partial charge >= 0.3 is 6.09 Å². The third kappa shape index (κ3) is 5.47. The SMILES string of the molecule is CC(=O)NNC(=O)C1(C)CN(c2cc(C#N)ccn2)c2ncnc(N3C[C@@H](C)N(C(=O)OC(C)(C)C)C[C@@H]3C)c21. The summed E-state index contributed by atoms with van der Waals surface area (Å²) >= 11 is 0. The molecule has 2 aliphatic rings. The molecule has 2 aromatic rings. The van der Waals surface area contributed by atoms with Crippen LogP contribution in [0.5, 0.6) is 0 Å². The van der Waals surface area contributed by atoms with Crippen molar-refractivity contribution in [2.75, 3.05) is 29.4 Å². The molecule has 1 unspecified atom stereocenters. The first-order valence-electron chi connectivity index (χ1n) is 13.1. The minimum atomic E-state index is -1.20.